The van der Waals surface area contributed by atoms with Crippen LogP contribution in [0.4, 0.5) is 0 Å². The molecular weight excluding hydrogens is 637 g/mol. The quantitative estimate of drug-likeness (QED) is 0.202. The van der Waals surface area contributed by atoms with Crippen LogP contribution in [0.2, 0.25) is 0 Å². The predicted molar refractivity (Wildman–Crippen MR) is 210 cm³/mol. The van der Waals surface area contributed by atoms with Gasteiger partial charge in [0.05, 0.1) is 5.71 Å². The highest BCUT2D eigenvalue weighted by Gasteiger charge is 2.36. The Morgan fingerprint density at radius 2 is 1.25 bits per heavy atom. The average Bonchev–Trinajstić information content (AvgIpc) is 3.33. The van der Waals surface area contributed by atoms with E-state index < -0.39 is 0 Å². The summed E-state index contributed by atoms with van der Waals surface area (Å²) in [6, 6.07) is 55.6. The summed E-state index contributed by atoms with van der Waals surface area (Å²) in [5.41, 5.74) is 11.5. The van der Waals surface area contributed by atoms with Crippen molar-refractivity contribution in [3.63, 3.8) is 0 Å². The van der Waals surface area contributed by atoms with Crippen LogP contribution in [-0.4, -0.2) is 5.71 Å². The monoisotopic (exact) mass is 672 g/mol. The highest BCUT2D eigenvalue weighted by atomic mass is 16.6. The van der Waals surface area contributed by atoms with Crippen LogP contribution in [0.5, 0.6) is 23.0 Å². The summed E-state index contributed by atoms with van der Waals surface area (Å²) in [7, 11) is 0. The maximum absolute atomic E-state index is 6.96. The molecule has 0 saturated carbocycles. The lowest BCUT2D eigenvalue weighted by Gasteiger charge is -2.30. The Hall–Kier alpha value is -6.39. The Morgan fingerprint density at radius 1 is 0.577 bits per heavy atom. The van der Waals surface area contributed by atoms with Crippen LogP contribution in [0, 0.1) is 5.92 Å². The van der Waals surface area contributed by atoms with E-state index in [9.17, 15) is 0 Å². The minimum absolute atomic E-state index is 0.0349. The molecule has 1 N–H and O–H groups in total. The first kappa shape index (κ1) is 30.4. The number of rotatable bonds is 4. The van der Waals surface area contributed by atoms with E-state index in [2.05, 4.69) is 170 Å². The maximum Gasteiger partial charge on any atom is 0.174 e. The van der Waals surface area contributed by atoms with Crippen LogP contribution < -0.4 is 14.8 Å². The van der Waals surface area contributed by atoms with Gasteiger partial charge in [0.1, 0.15) is 6.17 Å². The van der Waals surface area contributed by atoms with Crippen molar-refractivity contribution >= 4 is 22.2 Å². The number of hydrogen-bond acceptors (Lipinski definition) is 4. The molecule has 0 bridgehead atoms. The number of hydrogen-bond donors (Lipinski definition) is 1. The van der Waals surface area contributed by atoms with Gasteiger partial charge in [-0.15, -0.1) is 0 Å². The first-order valence-electron chi connectivity index (χ1n) is 18.1. The lowest BCUT2D eigenvalue weighted by Crippen LogP contribution is -2.25. The Kier molecular flexibility index (Phi) is 7.28. The molecule has 4 heteroatoms. The van der Waals surface area contributed by atoms with Crippen molar-refractivity contribution in [1.82, 2.24) is 5.32 Å². The summed E-state index contributed by atoms with van der Waals surface area (Å²) in [6.07, 6.45) is 2.92. The summed E-state index contributed by atoms with van der Waals surface area (Å²) in [4.78, 5) is 5.30. The van der Waals surface area contributed by atoms with Crippen molar-refractivity contribution in [2.24, 2.45) is 10.9 Å². The third-order valence-electron chi connectivity index (χ3n) is 10.7. The van der Waals surface area contributed by atoms with E-state index in [1.165, 1.54) is 27.8 Å². The van der Waals surface area contributed by atoms with E-state index >= 15 is 0 Å². The predicted octanol–water partition coefficient (Wildman–Crippen LogP) is 11.9. The Morgan fingerprint density at radius 3 is 2.06 bits per heavy atom. The van der Waals surface area contributed by atoms with Gasteiger partial charge >= 0.3 is 0 Å². The summed E-state index contributed by atoms with van der Waals surface area (Å²) in [6.45, 7) is 2.37. The molecule has 0 aromatic heterocycles. The van der Waals surface area contributed by atoms with Gasteiger partial charge < -0.3 is 14.8 Å². The molecule has 0 radical (unpaired) electrons. The van der Waals surface area contributed by atoms with Crippen LogP contribution >= 0.6 is 0 Å². The largest absolute Gasteiger partial charge is 0.449 e. The van der Waals surface area contributed by atoms with Crippen molar-refractivity contribution in [3.05, 3.63) is 197 Å². The fourth-order valence-corrected chi connectivity index (χ4v) is 8.26. The average molecular weight is 673 g/mol. The van der Waals surface area contributed by atoms with Gasteiger partial charge in [-0.2, -0.15) is 0 Å². The second-order valence-corrected chi connectivity index (χ2v) is 14.0. The van der Waals surface area contributed by atoms with E-state index in [1.807, 2.05) is 6.07 Å². The van der Waals surface area contributed by atoms with Gasteiger partial charge in [-0.05, 0) is 86.8 Å². The number of ether oxygens (including phenoxy) is 2. The molecule has 0 saturated heterocycles. The van der Waals surface area contributed by atoms with Crippen LogP contribution in [0.25, 0.3) is 27.6 Å². The molecule has 3 aliphatic rings. The van der Waals surface area contributed by atoms with Crippen molar-refractivity contribution in [2.45, 2.75) is 25.4 Å². The minimum Gasteiger partial charge on any atom is -0.449 e. The fraction of sp³-hybridized carbons (Fsp3) is 0.104. The van der Waals surface area contributed by atoms with Gasteiger partial charge in [0, 0.05) is 22.7 Å². The first-order valence-corrected chi connectivity index (χ1v) is 18.1. The Balaban J connectivity index is 1.13. The van der Waals surface area contributed by atoms with Crippen LogP contribution in [-0.2, 0) is 6.42 Å². The number of nitrogens with one attached hydrogen (secondary N) is 1. The van der Waals surface area contributed by atoms with E-state index in [4.69, 9.17) is 14.5 Å². The van der Waals surface area contributed by atoms with Gasteiger partial charge in [0.2, 0.25) is 0 Å². The lowest BCUT2D eigenvalue weighted by molar-refractivity contribution is 0.353. The smallest absolute Gasteiger partial charge is 0.174 e. The molecule has 0 spiro atoms. The van der Waals surface area contributed by atoms with Gasteiger partial charge in [0.25, 0.3) is 0 Å². The Labute approximate surface area is 303 Å². The normalized spacial score (nSPS) is 18.5. The third-order valence-corrected chi connectivity index (χ3v) is 10.7. The number of benzene rings is 7. The van der Waals surface area contributed by atoms with E-state index in [-0.39, 0.29) is 18.0 Å². The number of aliphatic imine (C=N–C) groups is 1. The zero-order valence-corrected chi connectivity index (χ0v) is 28.8. The van der Waals surface area contributed by atoms with Gasteiger partial charge in [-0.3, -0.25) is 4.99 Å². The molecule has 52 heavy (non-hydrogen) atoms. The standard InChI is InChI=1S/C48H36N2O2/c1-30-25-35-19-10-11-22-38(35)39-23-24-42-47(52-44-28-34-18-9-8-17-33(34)27-43(44)51-42)46(39)45(30)37-21-12-20-36(26-37)41-29-40(31-13-4-2-5-14-31)49-48(50-41)32-15-6-3-7-16-32/h2-24,26-30,45,48-49H,25H2,1H3. The molecule has 2 aliphatic heterocycles. The van der Waals surface area contributed by atoms with Crippen molar-refractivity contribution in [3.8, 4) is 34.1 Å². The second kappa shape index (κ2) is 12.4. The Bertz CT molecular complexity index is 2550. The molecule has 7 aromatic rings. The summed E-state index contributed by atoms with van der Waals surface area (Å²) in [5.74, 6) is 3.34. The topological polar surface area (TPSA) is 42.9 Å². The summed E-state index contributed by atoms with van der Waals surface area (Å²) in [5, 5.41) is 5.95. The van der Waals surface area contributed by atoms with Gasteiger partial charge in [-0.1, -0.05) is 140 Å². The van der Waals surface area contributed by atoms with E-state index in [1.54, 1.807) is 0 Å². The SMILES string of the molecule is CC1Cc2ccccc2-c2ccc3c(c2C1c1cccc(C2=NC(c4ccccc4)NC(c4ccccc4)=C2)c1)Oc1cc2ccccc2cc1O3. The highest BCUT2D eigenvalue weighted by molar-refractivity contribution is 6.13. The molecular formula is C48H36N2O2. The zero-order valence-electron chi connectivity index (χ0n) is 28.8. The molecule has 4 nitrogen and oxygen atoms in total. The van der Waals surface area contributed by atoms with Crippen molar-refractivity contribution < 1.29 is 9.47 Å². The molecule has 250 valence electrons. The summed E-state index contributed by atoms with van der Waals surface area (Å²) < 4.78 is 13.6. The lowest BCUT2D eigenvalue weighted by atomic mass is 9.78. The third kappa shape index (κ3) is 5.27. The van der Waals surface area contributed by atoms with Crippen LogP contribution in [0.15, 0.2) is 169 Å². The molecule has 7 aromatic carbocycles. The van der Waals surface area contributed by atoms with Crippen LogP contribution in [0.3, 0.4) is 0 Å². The number of allylic oxidation sites excluding steroid dienone is 1. The number of nitrogens with zero attached hydrogens (tertiary/aromatic N) is 1. The van der Waals surface area contributed by atoms with Crippen LogP contribution in [0.1, 0.15) is 52.4 Å². The van der Waals surface area contributed by atoms with Gasteiger partial charge in [0.15, 0.2) is 23.0 Å². The van der Waals surface area contributed by atoms with Crippen molar-refractivity contribution in [1.29, 1.82) is 0 Å². The highest BCUT2D eigenvalue weighted by Crippen LogP contribution is 2.56. The molecule has 10 rings (SSSR count). The van der Waals surface area contributed by atoms with Gasteiger partial charge in [-0.25, -0.2) is 0 Å². The molecule has 0 amide bonds. The summed E-state index contributed by atoms with van der Waals surface area (Å²) >= 11 is 0. The molecule has 3 atom stereocenters. The number of fused-ring (bicyclic) bond motifs is 7. The molecule has 0 fully saturated rings. The fourth-order valence-electron chi connectivity index (χ4n) is 8.26. The molecule has 1 aliphatic carbocycles. The van der Waals surface area contributed by atoms with Crippen molar-refractivity contribution in [2.75, 3.05) is 0 Å². The minimum atomic E-state index is -0.208. The van der Waals surface area contributed by atoms with E-state index in [0.717, 1.165) is 68.3 Å². The zero-order chi connectivity index (χ0) is 34.6. The maximum atomic E-state index is 6.96. The molecule has 2 heterocycles. The second-order valence-electron chi connectivity index (χ2n) is 14.0. The molecule has 3 unspecified atom stereocenters. The first-order chi connectivity index (χ1) is 25.7. The van der Waals surface area contributed by atoms with E-state index in [0.29, 0.717) is 0 Å².